The Labute approximate surface area is 251 Å². The van der Waals surface area contributed by atoms with Crippen LogP contribution in [-0.4, -0.2) is 39.4 Å². The van der Waals surface area contributed by atoms with Crippen molar-refractivity contribution >= 4 is 20.0 Å². The summed E-state index contributed by atoms with van der Waals surface area (Å²) in [5, 5.41) is 0. The zero-order valence-electron chi connectivity index (χ0n) is 25.0. The summed E-state index contributed by atoms with van der Waals surface area (Å²) < 4.78 is 7.66. The van der Waals surface area contributed by atoms with E-state index in [-0.39, 0.29) is 40.3 Å². The fourth-order valence-electron chi connectivity index (χ4n) is 5.08. The van der Waals surface area contributed by atoms with Crippen LogP contribution in [0.5, 0.6) is 5.75 Å². The Kier molecular flexibility index (Phi) is 14.4. The topological polar surface area (TPSA) is 15.7 Å². The van der Waals surface area contributed by atoms with Crippen LogP contribution < -0.4 is 9.64 Å². The maximum absolute atomic E-state index is 5.72. The second kappa shape index (κ2) is 15.9. The van der Waals surface area contributed by atoms with Gasteiger partial charge in [0.05, 0.1) is 11.7 Å². The maximum atomic E-state index is 5.72. The zero-order valence-corrected chi connectivity index (χ0v) is 27.5. The van der Waals surface area contributed by atoms with Gasteiger partial charge in [-0.05, 0) is 66.5 Å². The Morgan fingerprint density at radius 2 is 1.67 bits per heavy atom. The van der Waals surface area contributed by atoms with Gasteiger partial charge in [-0.25, -0.2) is 0 Å². The first-order valence-corrected chi connectivity index (χ1v) is 16.9. The van der Waals surface area contributed by atoms with E-state index in [0.29, 0.717) is 6.17 Å². The molecule has 39 heavy (non-hydrogen) atoms. The molecule has 1 heterocycles. The standard InChI is InChI=1S/C23H36N2.C10H12O.CH4.ClH.Ru/c1-9-11-14-18(3)17-24-21(10-2)25(23(7,8)22(24,5)6)20-16-13-12-15-19(20)4;1-8(2)11-10-7-5-4-6-9(10)3;;;/h9,11-16,21H,10,17H2,1-8H3;3-8H,1-2H3;1H4;1H;/q;;;;+1/p-1/b11-9-,18-14-;;;;. The molecule has 0 spiro atoms. The molecule has 0 aliphatic carbocycles. The normalized spacial score (nSPS) is 19.0. The third-order valence-corrected chi connectivity index (χ3v) is 8.83. The molecule has 0 bridgehead atoms. The van der Waals surface area contributed by atoms with Gasteiger partial charge in [0.2, 0.25) is 0 Å². The number of benzene rings is 2. The quantitative estimate of drug-likeness (QED) is 0.211. The second-order valence-electron chi connectivity index (χ2n) is 11.2. The number of hydrogen-bond acceptors (Lipinski definition) is 3. The van der Waals surface area contributed by atoms with Gasteiger partial charge in [-0.1, -0.05) is 56.4 Å². The monoisotopic (exact) mass is 641 g/mol. The molecule has 5 heteroatoms. The molecular formula is C34H52ClN2ORu. The van der Waals surface area contributed by atoms with E-state index in [1.807, 2.05) is 42.7 Å². The molecule has 0 amide bonds. The van der Waals surface area contributed by atoms with Gasteiger partial charge in [-0.15, -0.1) is 0 Å². The average molecular weight is 641 g/mol. The zero-order chi connectivity index (χ0) is 28.5. The Balaban J connectivity index is 0.000000460. The van der Waals surface area contributed by atoms with Crippen molar-refractivity contribution in [1.29, 1.82) is 0 Å². The first-order valence-electron chi connectivity index (χ1n) is 13.6. The van der Waals surface area contributed by atoms with Crippen molar-refractivity contribution in [3.8, 4) is 5.75 Å². The van der Waals surface area contributed by atoms with Crippen LogP contribution >= 0.6 is 9.69 Å². The molecule has 1 fully saturated rings. The van der Waals surface area contributed by atoms with Gasteiger partial charge in [-0.3, -0.25) is 4.90 Å². The number of rotatable bonds is 8. The van der Waals surface area contributed by atoms with Crippen molar-refractivity contribution in [3.05, 3.63) is 83.5 Å². The Bertz CT molecular complexity index is 1120. The van der Waals surface area contributed by atoms with Gasteiger partial charge in [0.1, 0.15) is 0 Å². The molecule has 0 radical (unpaired) electrons. The fraction of sp³-hybridized carbons (Fsp3) is 0.500. The van der Waals surface area contributed by atoms with Gasteiger partial charge in [0.25, 0.3) is 0 Å². The van der Waals surface area contributed by atoms with E-state index in [2.05, 4.69) is 108 Å². The van der Waals surface area contributed by atoms with Crippen molar-refractivity contribution in [2.75, 3.05) is 11.4 Å². The predicted molar refractivity (Wildman–Crippen MR) is 171 cm³/mol. The third-order valence-electron chi connectivity index (χ3n) is 7.64. The summed E-state index contributed by atoms with van der Waals surface area (Å²) in [5.41, 5.74) is 5.34. The summed E-state index contributed by atoms with van der Waals surface area (Å²) in [6.07, 6.45) is 8.20. The number of allylic oxidation sites excluding steroid dienone is 3. The Morgan fingerprint density at radius 1 is 1.05 bits per heavy atom. The van der Waals surface area contributed by atoms with E-state index >= 15 is 0 Å². The molecule has 1 aliphatic rings. The molecule has 1 aliphatic heterocycles. The molecule has 2 aromatic carbocycles. The number of hydrogen-bond donors (Lipinski definition) is 0. The SMILES string of the molecule is C.C/C=C\C=C(\C)CN1C(CC)N(c2ccccc2C)C(C)(C)C1(C)C.CC(C)Oc1ccccc1[CH]=[Ru][Cl]. The molecule has 0 aromatic heterocycles. The number of anilines is 1. The molecule has 2 aromatic rings. The summed E-state index contributed by atoms with van der Waals surface area (Å²) >= 11 is -0.191. The number of halogens is 1. The third kappa shape index (κ3) is 8.62. The summed E-state index contributed by atoms with van der Waals surface area (Å²) in [6.45, 7) is 23.5. The number of nitrogens with zero attached hydrogens (tertiary/aromatic N) is 2. The van der Waals surface area contributed by atoms with Crippen molar-refractivity contribution < 1.29 is 20.4 Å². The van der Waals surface area contributed by atoms with E-state index in [9.17, 15) is 0 Å². The minimum atomic E-state index is -0.191. The van der Waals surface area contributed by atoms with E-state index in [1.54, 1.807) is 0 Å². The molecule has 0 saturated carbocycles. The molecule has 219 valence electrons. The van der Waals surface area contributed by atoms with Crippen molar-refractivity contribution in [2.24, 2.45) is 0 Å². The van der Waals surface area contributed by atoms with Crippen LogP contribution in [0.1, 0.15) is 87.3 Å². The summed E-state index contributed by atoms with van der Waals surface area (Å²) in [7, 11) is 5.72. The number of ether oxygens (including phenoxy) is 1. The fourth-order valence-corrected chi connectivity index (χ4v) is 6.19. The van der Waals surface area contributed by atoms with Crippen LogP contribution in [0.2, 0.25) is 0 Å². The first-order chi connectivity index (χ1) is 17.9. The van der Waals surface area contributed by atoms with E-state index in [0.717, 1.165) is 24.3 Å². The first kappa shape index (κ1) is 35.3. The van der Waals surface area contributed by atoms with E-state index in [4.69, 9.17) is 14.4 Å². The van der Waals surface area contributed by atoms with Gasteiger partial charge in [0, 0.05) is 17.8 Å². The summed E-state index contributed by atoms with van der Waals surface area (Å²) in [5.74, 6) is 0.924. The molecule has 0 N–H and O–H groups in total. The molecule has 1 atom stereocenters. The molecular weight excluding hydrogens is 589 g/mol. The van der Waals surface area contributed by atoms with Crippen LogP contribution in [0, 0.1) is 6.92 Å². The summed E-state index contributed by atoms with van der Waals surface area (Å²) in [4.78, 5) is 5.35. The van der Waals surface area contributed by atoms with Crippen molar-refractivity contribution in [1.82, 2.24) is 4.90 Å². The summed E-state index contributed by atoms with van der Waals surface area (Å²) in [6, 6.07) is 16.8. The van der Waals surface area contributed by atoms with Crippen LogP contribution in [0.25, 0.3) is 0 Å². The van der Waals surface area contributed by atoms with E-state index in [1.165, 1.54) is 16.8 Å². The second-order valence-corrected chi connectivity index (χ2v) is 13.0. The minimum absolute atomic E-state index is 0. The molecule has 3 nitrogen and oxygen atoms in total. The number of aryl methyl sites for hydroxylation is 1. The van der Waals surface area contributed by atoms with E-state index < -0.39 is 0 Å². The van der Waals surface area contributed by atoms with Crippen LogP contribution in [-0.2, 0) is 15.7 Å². The molecule has 3 rings (SSSR count). The van der Waals surface area contributed by atoms with Gasteiger partial charge >= 0.3 is 90.3 Å². The Hall–Kier alpha value is -1.74. The molecule has 1 saturated heterocycles. The van der Waals surface area contributed by atoms with Crippen LogP contribution in [0.15, 0.2) is 72.3 Å². The van der Waals surface area contributed by atoms with Crippen molar-refractivity contribution in [3.63, 3.8) is 0 Å². The van der Waals surface area contributed by atoms with Crippen LogP contribution in [0.3, 0.4) is 0 Å². The Morgan fingerprint density at radius 3 is 2.23 bits per heavy atom. The van der Waals surface area contributed by atoms with Crippen LogP contribution in [0.4, 0.5) is 5.69 Å². The molecule has 1 unspecified atom stereocenters. The van der Waals surface area contributed by atoms with Gasteiger partial charge in [-0.2, -0.15) is 0 Å². The average Bonchev–Trinajstić information content (AvgIpc) is 3.01. The number of para-hydroxylation sites is 2. The van der Waals surface area contributed by atoms with Gasteiger partial charge < -0.3 is 4.90 Å². The predicted octanol–water partition coefficient (Wildman–Crippen LogP) is 9.43. The van der Waals surface area contributed by atoms with Crippen molar-refractivity contribution in [2.45, 2.75) is 106 Å². The van der Waals surface area contributed by atoms with Gasteiger partial charge in [0.15, 0.2) is 0 Å².